The summed E-state index contributed by atoms with van der Waals surface area (Å²) in [6.07, 6.45) is 8.94. The van der Waals surface area contributed by atoms with Gasteiger partial charge in [-0.05, 0) is 31.4 Å². The molecular formula is C18H23N5OS. The predicted octanol–water partition coefficient (Wildman–Crippen LogP) is 2.30. The summed E-state index contributed by atoms with van der Waals surface area (Å²) in [6.45, 7) is 2.24. The molecule has 1 fully saturated rings. The molecule has 0 radical (unpaired) electrons. The van der Waals surface area contributed by atoms with Crippen LogP contribution >= 0.6 is 11.8 Å². The minimum Gasteiger partial charge on any atom is -0.346 e. The third-order valence-corrected chi connectivity index (χ3v) is 5.96. The zero-order chi connectivity index (χ0) is 17.2. The first-order valence-electron chi connectivity index (χ1n) is 8.82. The highest BCUT2D eigenvalue weighted by Crippen LogP contribution is 2.32. The molecule has 4 rings (SSSR count). The standard InChI is InChI=1S/C18H23N5OS/c19-11-13-3-1-2-8-23(13)18(24)16-12-22(9-10-25-16)15-5-7-21-17-14(15)4-6-20-17/h4-7,12-13H,1-3,8-11,19H2,(H,20,21)/t13-/m0/s1. The van der Waals surface area contributed by atoms with E-state index in [9.17, 15) is 4.79 Å². The number of H-pyrrole nitrogens is 1. The summed E-state index contributed by atoms with van der Waals surface area (Å²) in [5, 5.41) is 1.08. The highest BCUT2D eigenvalue weighted by atomic mass is 32.2. The molecule has 2 aliphatic heterocycles. The van der Waals surface area contributed by atoms with Crippen LogP contribution in [0, 0.1) is 0 Å². The molecule has 132 valence electrons. The molecule has 0 aromatic carbocycles. The summed E-state index contributed by atoms with van der Waals surface area (Å²) in [4.78, 5) is 25.5. The smallest absolute Gasteiger partial charge is 0.262 e. The van der Waals surface area contributed by atoms with Gasteiger partial charge in [0.15, 0.2) is 0 Å². The first-order chi connectivity index (χ1) is 12.3. The van der Waals surface area contributed by atoms with Gasteiger partial charge in [-0.15, -0.1) is 11.8 Å². The number of nitrogens with one attached hydrogen (secondary N) is 1. The second kappa shape index (κ2) is 7.09. The first kappa shape index (κ1) is 16.5. The molecule has 0 spiro atoms. The molecule has 7 heteroatoms. The van der Waals surface area contributed by atoms with Gasteiger partial charge in [-0.25, -0.2) is 4.98 Å². The number of thioether (sulfide) groups is 1. The van der Waals surface area contributed by atoms with E-state index >= 15 is 0 Å². The Bertz CT molecular complexity index is 802. The minimum absolute atomic E-state index is 0.129. The summed E-state index contributed by atoms with van der Waals surface area (Å²) in [5.41, 5.74) is 7.85. The molecule has 2 aliphatic rings. The normalized spacial score (nSPS) is 21.5. The van der Waals surface area contributed by atoms with Crippen LogP contribution in [-0.4, -0.2) is 52.2 Å². The van der Waals surface area contributed by atoms with Crippen molar-refractivity contribution in [3.8, 4) is 0 Å². The largest absolute Gasteiger partial charge is 0.346 e. The van der Waals surface area contributed by atoms with Crippen molar-refractivity contribution < 1.29 is 4.79 Å². The molecule has 25 heavy (non-hydrogen) atoms. The fourth-order valence-electron chi connectivity index (χ4n) is 3.66. The van der Waals surface area contributed by atoms with Gasteiger partial charge in [-0.3, -0.25) is 4.79 Å². The number of pyridine rings is 1. The van der Waals surface area contributed by atoms with E-state index in [0.29, 0.717) is 6.54 Å². The van der Waals surface area contributed by atoms with Gasteiger partial charge in [-0.1, -0.05) is 0 Å². The summed E-state index contributed by atoms with van der Waals surface area (Å²) < 4.78 is 0. The number of carbonyl (C=O) groups is 1. The number of nitrogens with two attached hydrogens (primary N) is 1. The van der Waals surface area contributed by atoms with E-state index in [-0.39, 0.29) is 11.9 Å². The van der Waals surface area contributed by atoms with Crippen molar-refractivity contribution in [1.82, 2.24) is 14.9 Å². The van der Waals surface area contributed by atoms with Crippen LogP contribution in [0.15, 0.2) is 35.6 Å². The van der Waals surface area contributed by atoms with Crippen molar-refractivity contribution >= 4 is 34.4 Å². The van der Waals surface area contributed by atoms with E-state index in [1.54, 1.807) is 18.0 Å². The van der Waals surface area contributed by atoms with Gasteiger partial charge in [0, 0.05) is 55.4 Å². The summed E-state index contributed by atoms with van der Waals surface area (Å²) in [5.74, 6) is 1.02. The molecule has 0 unspecified atom stereocenters. The molecule has 1 amide bonds. The number of hydrogen-bond donors (Lipinski definition) is 2. The maximum absolute atomic E-state index is 13.0. The predicted molar refractivity (Wildman–Crippen MR) is 102 cm³/mol. The molecule has 0 aliphatic carbocycles. The SMILES string of the molecule is NC[C@@H]1CCCCN1C(=O)C1=CN(c2ccnc3[nH]ccc23)CCS1. The van der Waals surface area contributed by atoms with Gasteiger partial charge >= 0.3 is 0 Å². The quantitative estimate of drug-likeness (QED) is 0.881. The van der Waals surface area contributed by atoms with E-state index in [0.717, 1.165) is 59.7 Å². The molecule has 2 aromatic rings. The Morgan fingerprint density at radius 2 is 2.28 bits per heavy atom. The van der Waals surface area contributed by atoms with Crippen molar-refractivity contribution in [2.24, 2.45) is 5.73 Å². The fraction of sp³-hybridized carbons (Fsp3) is 0.444. The third-order valence-electron chi connectivity index (χ3n) is 4.98. The van der Waals surface area contributed by atoms with Crippen LogP contribution < -0.4 is 10.6 Å². The fourth-order valence-corrected chi connectivity index (χ4v) is 4.61. The van der Waals surface area contributed by atoms with E-state index in [4.69, 9.17) is 5.73 Å². The number of aromatic nitrogens is 2. The van der Waals surface area contributed by atoms with Crippen LogP contribution in [0.4, 0.5) is 5.69 Å². The first-order valence-corrected chi connectivity index (χ1v) is 9.81. The average molecular weight is 357 g/mol. The van der Waals surface area contributed by atoms with Crippen LogP contribution in [-0.2, 0) is 4.79 Å². The van der Waals surface area contributed by atoms with Gasteiger partial charge in [0.1, 0.15) is 5.65 Å². The summed E-state index contributed by atoms with van der Waals surface area (Å²) in [6, 6.07) is 4.22. The van der Waals surface area contributed by atoms with E-state index in [1.807, 2.05) is 29.4 Å². The molecule has 0 bridgehead atoms. The number of piperidine rings is 1. The average Bonchev–Trinajstić information content (AvgIpc) is 3.16. The number of aromatic amines is 1. The number of rotatable bonds is 3. The third kappa shape index (κ3) is 3.14. The van der Waals surface area contributed by atoms with E-state index in [2.05, 4.69) is 14.9 Å². The lowest BCUT2D eigenvalue weighted by Crippen LogP contribution is -2.48. The van der Waals surface area contributed by atoms with Gasteiger partial charge in [0.2, 0.25) is 0 Å². The zero-order valence-corrected chi connectivity index (χ0v) is 15.0. The second-order valence-electron chi connectivity index (χ2n) is 6.49. The van der Waals surface area contributed by atoms with Crippen LogP contribution in [0.5, 0.6) is 0 Å². The highest BCUT2D eigenvalue weighted by molar-refractivity contribution is 8.04. The molecule has 3 N–H and O–H groups in total. The van der Waals surface area contributed by atoms with Crippen molar-refractivity contribution in [2.75, 3.05) is 30.3 Å². The van der Waals surface area contributed by atoms with Crippen molar-refractivity contribution in [2.45, 2.75) is 25.3 Å². The Labute approximate surface area is 151 Å². The number of fused-ring (bicyclic) bond motifs is 1. The number of amides is 1. The number of anilines is 1. The van der Waals surface area contributed by atoms with Gasteiger partial charge < -0.3 is 20.5 Å². The summed E-state index contributed by atoms with van der Waals surface area (Å²) >= 11 is 1.65. The zero-order valence-electron chi connectivity index (χ0n) is 14.1. The molecule has 6 nitrogen and oxygen atoms in total. The van der Waals surface area contributed by atoms with Crippen LogP contribution in [0.25, 0.3) is 11.0 Å². The molecule has 1 saturated heterocycles. The molecular weight excluding hydrogens is 334 g/mol. The van der Waals surface area contributed by atoms with Crippen LogP contribution in [0.3, 0.4) is 0 Å². The molecule has 2 aromatic heterocycles. The topological polar surface area (TPSA) is 78.2 Å². The Morgan fingerprint density at radius 3 is 3.16 bits per heavy atom. The second-order valence-corrected chi connectivity index (χ2v) is 7.63. The Morgan fingerprint density at radius 1 is 1.36 bits per heavy atom. The Kier molecular flexibility index (Phi) is 4.67. The van der Waals surface area contributed by atoms with Gasteiger partial charge in [0.05, 0.1) is 10.6 Å². The highest BCUT2D eigenvalue weighted by Gasteiger charge is 2.29. The van der Waals surface area contributed by atoms with Crippen LogP contribution in [0.2, 0.25) is 0 Å². The van der Waals surface area contributed by atoms with Gasteiger partial charge in [-0.2, -0.15) is 0 Å². The molecule has 1 atom stereocenters. The maximum atomic E-state index is 13.0. The van der Waals surface area contributed by atoms with E-state index < -0.39 is 0 Å². The lowest BCUT2D eigenvalue weighted by molar-refractivity contribution is -0.129. The Balaban J connectivity index is 1.62. The van der Waals surface area contributed by atoms with Crippen molar-refractivity contribution in [3.05, 3.63) is 35.6 Å². The van der Waals surface area contributed by atoms with Crippen LogP contribution in [0.1, 0.15) is 19.3 Å². The number of carbonyl (C=O) groups excluding carboxylic acids is 1. The number of likely N-dealkylation sites (tertiary alicyclic amines) is 1. The maximum Gasteiger partial charge on any atom is 0.262 e. The Hall–Kier alpha value is -1.99. The van der Waals surface area contributed by atoms with E-state index in [1.165, 1.54) is 0 Å². The molecule has 0 saturated carbocycles. The van der Waals surface area contributed by atoms with Gasteiger partial charge in [0.25, 0.3) is 5.91 Å². The summed E-state index contributed by atoms with van der Waals surface area (Å²) in [7, 11) is 0. The molecule has 4 heterocycles. The lowest BCUT2D eigenvalue weighted by atomic mass is 10.0. The minimum atomic E-state index is 0.129. The lowest BCUT2D eigenvalue weighted by Gasteiger charge is -2.36. The van der Waals surface area contributed by atoms with Crippen molar-refractivity contribution in [1.29, 1.82) is 0 Å². The number of nitrogens with zero attached hydrogens (tertiary/aromatic N) is 3. The number of hydrogen-bond acceptors (Lipinski definition) is 5. The van der Waals surface area contributed by atoms with Crippen molar-refractivity contribution in [3.63, 3.8) is 0 Å². The monoisotopic (exact) mass is 357 g/mol.